The van der Waals surface area contributed by atoms with Crippen LogP contribution in [0.2, 0.25) is 0 Å². The third-order valence-electron chi connectivity index (χ3n) is 1.83. The molecule has 0 unspecified atom stereocenters. The predicted molar refractivity (Wildman–Crippen MR) is 55.3 cm³/mol. The summed E-state index contributed by atoms with van der Waals surface area (Å²) in [4.78, 5) is 8.21. The van der Waals surface area contributed by atoms with E-state index in [0.717, 1.165) is 17.9 Å². The topological polar surface area (TPSA) is 34.5 Å². The van der Waals surface area contributed by atoms with Crippen LogP contribution in [0.4, 0.5) is 0 Å². The van der Waals surface area contributed by atoms with Crippen molar-refractivity contribution in [3.8, 4) is 5.75 Å². The molecule has 0 radical (unpaired) electrons. The Bertz CT molecular complexity index is 408. The Labute approximate surface area is 82.5 Å². The molecule has 1 aromatic heterocycles. The van der Waals surface area contributed by atoms with Gasteiger partial charge in [-0.05, 0) is 24.8 Å². The minimum absolute atomic E-state index is 0.380. The van der Waals surface area contributed by atoms with Crippen LogP contribution in [0.5, 0.6) is 5.75 Å². The van der Waals surface area contributed by atoms with Crippen molar-refractivity contribution in [2.24, 2.45) is 4.99 Å². The van der Waals surface area contributed by atoms with E-state index in [2.05, 4.69) is 16.6 Å². The third kappa shape index (κ3) is 1.88. The highest BCUT2D eigenvalue weighted by Gasteiger charge is 2.04. The first-order chi connectivity index (χ1) is 6.86. The van der Waals surface area contributed by atoms with Crippen LogP contribution in [0.1, 0.15) is 5.69 Å². The van der Waals surface area contributed by atoms with Gasteiger partial charge < -0.3 is 4.74 Å². The number of nitrogens with zero attached hydrogens (tertiary/aromatic N) is 2. The molecule has 0 spiro atoms. The van der Waals surface area contributed by atoms with E-state index >= 15 is 0 Å². The molecule has 0 bridgehead atoms. The summed E-state index contributed by atoms with van der Waals surface area (Å²) in [7, 11) is 0. The Morgan fingerprint density at radius 2 is 2.36 bits per heavy atom. The second kappa shape index (κ2) is 3.87. The van der Waals surface area contributed by atoms with Crippen LogP contribution in [-0.4, -0.2) is 11.2 Å². The molecule has 70 valence electrons. The molecule has 0 aromatic carbocycles. The summed E-state index contributed by atoms with van der Waals surface area (Å²) in [6.07, 6.45) is 8.00. The lowest BCUT2D eigenvalue weighted by Gasteiger charge is -2.06. The maximum atomic E-state index is 5.42. The van der Waals surface area contributed by atoms with Crippen LogP contribution in [0, 0.1) is 0 Å². The Kier molecular flexibility index (Phi) is 2.40. The number of allylic oxidation sites excluding steroid dienone is 2. The zero-order valence-corrected chi connectivity index (χ0v) is 7.68. The average molecular weight is 186 g/mol. The van der Waals surface area contributed by atoms with Crippen LogP contribution < -0.4 is 4.74 Å². The van der Waals surface area contributed by atoms with E-state index in [0.29, 0.717) is 5.88 Å². The molecular formula is C11H10N2O. The van der Waals surface area contributed by atoms with E-state index in [1.165, 1.54) is 0 Å². The first-order valence-electron chi connectivity index (χ1n) is 4.36. The van der Waals surface area contributed by atoms with E-state index in [9.17, 15) is 0 Å². The predicted octanol–water partition coefficient (Wildman–Crippen LogP) is 2.11. The van der Waals surface area contributed by atoms with Crippen LogP contribution in [0.25, 0.3) is 0 Å². The number of aromatic nitrogens is 1. The highest BCUT2D eigenvalue weighted by atomic mass is 16.5. The minimum atomic E-state index is 0.380. The molecule has 1 aromatic rings. The van der Waals surface area contributed by atoms with E-state index in [1.54, 1.807) is 12.4 Å². The second-order valence-electron chi connectivity index (χ2n) is 2.85. The van der Waals surface area contributed by atoms with Crippen molar-refractivity contribution < 1.29 is 4.74 Å². The maximum absolute atomic E-state index is 5.42. The molecule has 0 saturated carbocycles. The number of hydrogen-bond acceptors (Lipinski definition) is 3. The van der Waals surface area contributed by atoms with Crippen molar-refractivity contribution in [3.05, 3.63) is 48.6 Å². The van der Waals surface area contributed by atoms with Gasteiger partial charge in [-0.25, -0.2) is 4.99 Å². The van der Waals surface area contributed by atoms with Gasteiger partial charge in [-0.3, -0.25) is 4.98 Å². The molecule has 3 nitrogen and oxygen atoms in total. The van der Waals surface area contributed by atoms with Gasteiger partial charge in [-0.1, -0.05) is 6.08 Å². The van der Waals surface area contributed by atoms with Gasteiger partial charge in [0.2, 0.25) is 5.88 Å². The highest BCUT2D eigenvalue weighted by Crippen LogP contribution is 2.19. The molecule has 0 fully saturated rings. The smallest absolute Gasteiger partial charge is 0.212 e. The molecule has 2 rings (SSSR count). The summed E-state index contributed by atoms with van der Waals surface area (Å²) in [5.74, 6) is 1.10. The third-order valence-corrected chi connectivity index (χ3v) is 1.83. The lowest BCUT2D eigenvalue weighted by Crippen LogP contribution is -1.96. The summed E-state index contributed by atoms with van der Waals surface area (Å²) in [5.41, 5.74) is 0.899. The Morgan fingerprint density at radius 1 is 1.43 bits per heavy atom. The van der Waals surface area contributed by atoms with Gasteiger partial charge in [0.15, 0.2) is 5.75 Å². The number of rotatable bonds is 0. The fourth-order valence-electron chi connectivity index (χ4n) is 1.19. The zero-order valence-electron chi connectivity index (χ0n) is 7.68. The highest BCUT2D eigenvalue weighted by molar-refractivity contribution is 5.72. The molecule has 0 atom stereocenters. The van der Waals surface area contributed by atoms with Crippen molar-refractivity contribution in [1.29, 1.82) is 0 Å². The SMILES string of the molecule is C=C1N=C/C=C\Cc2ncccc2O1. The average Bonchev–Trinajstić information content (AvgIpc) is 2.27. The van der Waals surface area contributed by atoms with Gasteiger partial charge in [0.05, 0.1) is 5.69 Å². The van der Waals surface area contributed by atoms with E-state index < -0.39 is 0 Å². The minimum Gasteiger partial charge on any atom is -0.438 e. The summed E-state index contributed by atoms with van der Waals surface area (Å²) >= 11 is 0. The van der Waals surface area contributed by atoms with Gasteiger partial charge in [-0.15, -0.1) is 0 Å². The van der Waals surface area contributed by atoms with Gasteiger partial charge in [0.1, 0.15) is 0 Å². The fourth-order valence-corrected chi connectivity index (χ4v) is 1.19. The number of ether oxygens (including phenoxy) is 1. The van der Waals surface area contributed by atoms with Crippen molar-refractivity contribution in [3.63, 3.8) is 0 Å². The molecule has 2 heterocycles. The van der Waals surface area contributed by atoms with Crippen molar-refractivity contribution in [2.45, 2.75) is 6.42 Å². The van der Waals surface area contributed by atoms with Gasteiger partial charge in [0, 0.05) is 18.8 Å². The Balaban J connectivity index is 2.39. The summed E-state index contributed by atoms with van der Waals surface area (Å²) in [6, 6.07) is 3.69. The standard InChI is InChI=1S/C11H10N2O/c1-9-12-7-3-2-5-10-11(14-9)6-4-8-13-10/h2-4,6-8H,1,5H2/b3-2-,12-7?. The van der Waals surface area contributed by atoms with Crippen LogP contribution in [0.3, 0.4) is 0 Å². The fraction of sp³-hybridized carbons (Fsp3) is 0.0909. The van der Waals surface area contributed by atoms with Gasteiger partial charge in [0.25, 0.3) is 0 Å². The Morgan fingerprint density at radius 3 is 3.29 bits per heavy atom. The molecule has 0 saturated heterocycles. The molecule has 14 heavy (non-hydrogen) atoms. The quantitative estimate of drug-likeness (QED) is 0.622. The summed E-state index contributed by atoms with van der Waals surface area (Å²) in [5, 5.41) is 0. The van der Waals surface area contributed by atoms with E-state index in [4.69, 9.17) is 4.74 Å². The summed E-state index contributed by atoms with van der Waals surface area (Å²) < 4.78 is 5.42. The number of pyridine rings is 1. The molecule has 0 N–H and O–H groups in total. The van der Waals surface area contributed by atoms with Crippen molar-refractivity contribution in [2.75, 3.05) is 0 Å². The van der Waals surface area contributed by atoms with E-state index in [-0.39, 0.29) is 0 Å². The molecule has 3 heteroatoms. The van der Waals surface area contributed by atoms with Crippen LogP contribution >= 0.6 is 0 Å². The number of aliphatic imine (C=N–C) groups is 1. The first-order valence-corrected chi connectivity index (χ1v) is 4.36. The normalized spacial score (nSPS) is 17.3. The molecule has 0 amide bonds. The van der Waals surface area contributed by atoms with Crippen molar-refractivity contribution in [1.82, 2.24) is 4.98 Å². The maximum Gasteiger partial charge on any atom is 0.212 e. The Hall–Kier alpha value is -1.90. The zero-order chi connectivity index (χ0) is 9.80. The molecule has 1 aliphatic heterocycles. The van der Waals surface area contributed by atoms with Crippen LogP contribution in [0.15, 0.2) is 47.9 Å². The lowest BCUT2D eigenvalue weighted by molar-refractivity contribution is 0.418. The van der Waals surface area contributed by atoms with Gasteiger partial charge >= 0.3 is 0 Å². The van der Waals surface area contributed by atoms with Crippen molar-refractivity contribution >= 4 is 6.21 Å². The van der Waals surface area contributed by atoms with E-state index in [1.807, 2.05) is 24.3 Å². The molecule has 1 aliphatic rings. The molecule has 0 aliphatic carbocycles. The second-order valence-corrected chi connectivity index (χ2v) is 2.85. The van der Waals surface area contributed by atoms with Gasteiger partial charge in [-0.2, -0.15) is 0 Å². The molecular weight excluding hydrogens is 176 g/mol. The monoisotopic (exact) mass is 186 g/mol. The number of fused-ring (bicyclic) bond motifs is 1. The largest absolute Gasteiger partial charge is 0.438 e. The first kappa shape index (κ1) is 8.69. The summed E-state index contributed by atoms with van der Waals surface area (Å²) in [6.45, 7) is 3.67. The van der Waals surface area contributed by atoms with Crippen LogP contribution in [-0.2, 0) is 6.42 Å². The number of hydrogen-bond donors (Lipinski definition) is 0. The lowest BCUT2D eigenvalue weighted by atomic mass is 10.2.